The number of hydrogen-bond donors (Lipinski definition) is 2. The highest BCUT2D eigenvalue weighted by atomic mass is 35.5. The normalized spacial score (nSPS) is 17.2. The van der Waals surface area contributed by atoms with Crippen LogP contribution in [-0.2, 0) is 9.59 Å². The Morgan fingerprint density at radius 1 is 1.30 bits per heavy atom. The Morgan fingerprint density at radius 2 is 1.90 bits per heavy atom. The van der Waals surface area contributed by atoms with E-state index in [1.165, 1.54) is 0 Å². The van der Waals surface area contributed by atoms with Crippen molar-refractivity contribution in [2.45, 2.75) is 45.6 Å². The molecule has 1 saturated heterocycles. The molecule has 1 rings (SSSR count). The van der Waals surface area contributed by atoms with Crippen LogP contribution in [0.25, 0.3) is 0 Å². The summed E-state index contributed by atoms with van der Waals surface area (Å²) in [6, 6.07) is 0.308. The standard InChI is InChI=1S/C14H27N3O2.ClH/c1-11(15-3)10-16-14(19)5-4-13-6-8-17(9-7-13)12(2)18;/h11,13,15H,4-10H2,1-3H3,(H,16,19);1H. The number of halogens is 1. The van der Waals surface area contributed by atoms with Crippen molar-refractivity contribution < 1.29 is 9.59 Å². The molecule has 6 heteroatoms. The Hall–Kier alpha value is -0.810. The minimum atomic E-state index is 0. The molecule has 0 saturated carbocycles. The summed E-state index contributed by atoms with van der Waals surface area (Å²) in [5, 5.41) is 6.02. The van der Waals surface area contributed by atoms with E-state index in [0.717, 1.165) is 32.4 Å². The highest BCUT2D eigenvalue weighted by molar-refractivity contribution is 5.85. The summed E-state index contributed by atoms with van der Waals surface area (Å²) in [5.74, 6) is 0.886. The van der Waals surface area contributed by atoms with Gasteiger partial charge < -0.3 is 15.5 Å². The van der Waals surface area contributed by atoms with E-state index in [9.17, 15) is 9.59 Å². The largest absolute Gasteiger partial charge is 0.355 e. The number of likely N-dealkylation sites (N-methyl/N-ethyl adjacent to an activating group) is 1. The van der Waals surface area contributed by atoms with Gasteiger partial charge in [0.25, 0.3) is 0 Å². The van der Waals surface area contributed by atoms with Gasteiger partial charge in [-0.2, -0.15) is 0 Å². The third-order valence-electron chi connectivity index (χ3n) is 3.94. The topological polar surface area (TPSA) is 61.4 Å². The molecule has 0 radical (unpaired) electrons. The Bertz CT molecular complexity index is 305. The predicted molar refractivity (Wildman–Crippen MR) is 83.0 cm³/mol. The molecule has 0 aromatic rings. The van der Waals surface area contributed by atoms with E-state index in [1.54, 1.807) is 6.92 Å². The van der Waals surface area contributed by atoms with Gasteiger partial charge in [-0.25, -0.2) is 0 Å². The zero-order valence-corrected chi connectivity index (χ0v) is 13.6. The first-order valence-electron chi connectivity index (χ1n) is 7.22. The van der Waals surface area contributed by atoms with Gasteiger partial charge in [-0.05, 0) is 39.2 Å². The van der Waals surface area contributed by atoms with Crippen molar-refractivity contribution in [3.63, 3.8) is 0 Å². The lowest BCUT2D eigenvalue weighted by atomic mass is 9.92. The van der Waals surface area contributed by atoms with Crippen LogP contribution in [0, 0.1) is 5.92 Å². The highest BCUT2D eigenvalue weighted by Gasteiger charge is 2.21. The molecule has 0 aromatic carbocycles. The van der Waals surface area contributed by atoms with Crippen LogP contribution in [0.15, 0.2) is 0 Å². The highest BCUT2D eigenvalue weighted by Crippen LogP contribution is 2.21. The second-order valence-electron chi connectivity index (χ2n) is 5.48. The third kappa shape index (κ3) is 7.10. The second-order valence-corrected chi connectivity index (χ2v) is 5.48. The van der Waals surface area contributed by atoms with Crippen LogP contribution in [0.3, 0.4) is 0 Å². The first kappa shape index (κ1) is 19.2. The molecule has 0 aromatic heterocycles. The molecule has 1 atom stereocenters. The fourth-order valence-electron chi connectivity index (χ4n) is 2.33. The molecule has 0 aliphatic carbocycles. The molecule has 0 spiro atoms. The summed E-state index contributed by atoms with van der Waals surface area (Å²) in [6.45, 7) is 6.03. The minimum Gasteiger partial charge on any atom is -0.355 e. The molecule has 118 valence electrons. The Morgan fingerprint density at radius 3 is 2.40 bits per heavy atom. The van der Waals surface area contributed by atoms with Gasteiger partial charge in [-0.1, -0.05) is 0 Å². The van der Waals surface area contributed by atoms with Gasteiger partial charge in [0.15, 0.2) is 0 Å². The van der Waals surface area contributed by atoms with Crippen LogP contribution >= 0.6 is 12.4 Å². The Kier molecular flexibility index (Phi) is 9.59. The van der Waals surface area contributed by atoms with Crippen molar-refractivity contribution >= 4 is 24.2 Å². The number of hydrogen-bond acceptors (Lipinski definition) is 3. The molecule has 0 bridgehead atoms. The molecule has 1 aliphatic rings. The molecule has 2 N–H and O–H groups in total. The molecule has 1 heterocycles. The van der Waals surface area contributed by atoms with Crippen LogP contribution < -0.4 is 10.6 Å². The third-order valence-corrected chi connectivity index (χ3v) is 3.94. The zero-order chi connectivity index (χ0) is 14.3. The fraction of sp³-hybridized carbons (Fsp3) is 0.857. The maximum atomic E-state index is 11.7. The van der Waals surface area contributed by atoms with E-state index in [4.69, 9.17) is 0 Å². The second kappa shape index (κ2) is 10.00. The van der Waals surface area contributed by atoms with Gasteiger partial charge >= 0.3 is 0 Å². The molecule has 5 nitrogen and oxygen atoms in total. The number of nitrogens with zero attached hydrogens (tertiary/aromatic N) is 1. The van der Waals surface area contributed by atoms with E-state index >= 15 is 0 Å². The fourth-order valence-corrected chi connectivity index (χ4v) is 2.33. The molecule has 1 unspecified atom stereocenters. The van der Waals surface area contributed by atoms with Crippen molar-refractivity contribution in [2.24, 2.45) is 5.92 Å². The molecule has 20 heavy (non-hydrogen) atoms. The number of rotatable bonds is 6. The monoisotopic (exact) mass is 305 g/mol. The first-order valence-corrected chi connectivity index (χ1v) is 7.22. The van der Waals surface area contributed by atoms with E-state index in [-0.39, 0.29) is 24.2 Å². The lowest BCUT2D eigenvalue weighted by Crippen LogP contribution is -2.38. The van der Waals surface area contributed by atoms with Crippen molar-refractivity contribution in [1.29, 1.82) is 0 Å². The summed E-state index contributed by atoms with van der Waals surface area (Å²) in [7, 11) is 1.89. The van der Waals surface area contributed by atoms with E-state index < -0.39 is 0 Å². The summed E-state index contributed by atoms with van der Waals surface area (Å²) in [6.07, 6.45) is 3.59. The van der Waals surface area contributed by atoms with Crippen LogP contribution in [-0.4, -0.2) is 49.4 Å². The Labute approximate surface area is 128 Å². The maximum Gasteiger partial charge on any atom is 0.220 e. The van der Waals surface area contributed by atoms with Crippen molar-refractivity contribution in [1.82, 2.24) is 15.5 Å². The summed E-state index contributed by atoms with van der Waals surface area (Å²) in [5.41, 5.74) is 0. The van der Waals surface area contributed by atoms with Crippen molar-refractivity contribution in [2.75, 3.05) is 26.7 Å². The van der Waals surface area contributed by atoms with Gasteiger partial charge in [0, 0.05) is 39.0 Å². The lowest BCUT2D eigenvalue weighted by molar-refractivity contribution is -0.130. The van der Waals surface area contributed by atoms with Gasteiger partial charge in [0.2, 0.25) is 11.8 Å². The van der Waals surface area contributed by atoms with E-state index in [2.05, 4.69) is 10.6 Å². The van der Waals surface area contributed by atoms with E-state index in [0.29, 0.717) is 24.9 Å². The van der Waals surface area contributed by atoms with Gasteiger partial charge in [-0.15, -0.1) is 12.4 Å². The van der Waals surface area contributed by atoms with Gasteiger partial charge in [0.05, 0.1) is 0 Å². The Balaban J connectivity index is 0.00000361. The number of likely N-dealkylation sites (tertiary alicyclic amines) is 1. The summed E-state index contributed by atoms with van der Waals surface area (Å²) in [4.78, 5) is 24.8. The molecular formula is C14H28ClN3O2. The van der Waals surface area contributed by atoms with Gasteiger partial charge in [-0.3, -0.25) is 9.59 Å². The van der Waals surface area contributed by atoms with Crippen LogP contribution in [0.1, 0.15) is 39.5 Å². The number of nitrogens with one attached hydrogen (secondary N) is 2. The number of carbonyl (C=O) groups is 2. The van der Waals surface area contributed by atoms with Crippen LogP contribution in [0.4, 0.5) is 0 Å². The minimum absolute atomic E-state index is 0. The van der Waals surface area contributed by atoms with E-state index in [1.807, 2.05) is 18.9 Å². The molecule has 1 aliphatic heterocycles. The zero-order valence-electron chi connectivity index (χ0n) is 12.8. The summed E-state index contributed by atoms with van der Waals surface area (Å²) >= 11 is 0. The van der Waals surface area contributed by atoms with Crippen LogP contribution in [0.5, 0.6) is 0 Å². The van der Waals surface area contributed by atoms with Gasteiger partial charge in [0.1, 0.15) is 0 Å². The predicted octanol–water partition coefficient (Wildman–Crippen LogP) is 1.17. The SMILES string of the molecule is CNC(C)CNC(=O)CCC1CCN(C(C)=O)CC1.Cl. The quantitative estimate of drug-likeness (QED) is 0.774. The molecular weight excluding hydrogens is 278 g/mol. The maximum absolute atomic E-state index is 11.7. The smallest absolute Gasteiger partial charge is 0.220 e. The number of piperidine rings is 1. The average Bonchev–Trinajstić information content (AvgIpc) is 2.42. The molecule has 2 amide bonds. The van der Waals surface area contributed by atoms with Crippen molar-refractivity contribution in [3.8, 4) is 0 Å². The number of amides is 2. The number of carbonyl (C=O) groups excluding carboxylic acids is 2. The summed E-state index contributed by atoms with van der Waals surface area (Å²) < 4.78 is 0. The molecule has 1 fully saturated rings. The first-order chi connectivity index (χ1) is 9.02. The van der Waals surface area contributed by atoms with Crippen LogP contribution in [0.2, 0.25) is 0 Å². The average molecular weight is 306 g/mol. The lowest BCUT2D eigenvalue weighted by Gasteiger charge is -2.31. The van der Waals surface area contributed by atoms with Crippen molar-refractivity contribution in [3.05, 3.63) is 0 Å².